The van der Waals surface area contributed by atoms with Crippen molar-refractivity contribution in [3.05, 3.63) is 47.3 Å². The third-order valence-electron chi connectivity index (χ3n) is 2.96. The minimum atomic E-state index is -4.90. The molecule has 0 saturated heterocycles. The van der Waals surface area contributed by atoms with Gasteiger partial charge in [-0.05, 0) is 6.92 Å². The highest BCUT2D eigenvalue weighted by molar-refractivity contribution is 5.98. The Morgan fingerprint density at radius 3 is 2.36 bits per heavy atom. The molecule has 0 saturated carbocycles. The van der Waals surface area contributed by atoms with Crippen molar-refractivity contribution in [2.24, 2.45) is 0 Å². The molecule has 7 nitrogen and oxygen atoms in total. The molecule has 1 aromatic heterocycles. The summed E-state index contributed by atoms with van der Waals surface area (Å²) in [4.78, 5) is 26.3. The second-order valence-corrected chi connectivity index (χ2v) is 5.08. The number of nitrogens with one attached hydrogen (secondary N) is 1. The number of allylic oxidation sites excluding steroid dienone is 1. The second-order valence-electron chi connectivity index (χ2n) is 5.08. The number of carbonyl (C=O) groups excluding carboxylic acids is 2. The van der Waals surface area contributed by atoms with Gasteiger partial charge in [0.2, 0.25) is 11.9 Å². The lowest BCUT2D eigenvalue weighted by atomic mass is 10.1. The lowest BCUT2D eigenvalue weighted by molar-refractivity contribution is -0.144. The number of hydrogen-bond acceptors (Lipinski definition) is 5. The Morgan fingerprint density at radius 1 is 1.24 bits per heavy atom. The molecule has 10 heteroatoms. The molecule has 25 heavy (non-hydrogen) atoms. The predicted molar refractivity (Wildman–Crippen MR) is 81.7 cm³/mol. The molecule has 0 spiro atoms. The highest BCUT2D eigenvalue weighted by Crippen LogP contribution is 2.27. The van der Waals surface area contributed by atoms with Gasteiger partial charge >= 0.3 is 6.18 Å². The summed E-state index contributed by atoms with van der Waals surface area (Å²) in [6.07, 6.45) is -4.22. The van der Waals surface area contributed by atoms with E-state index in [0.29, 0.717) is 6.08 Å². The van der Waals surface area contributed by atoms with Gasteiger partial charge in [0, 0.05) is 18.6 Å². The normalized spacial score (nSPS) is 12.1. The molecule has 1 amide bonds. The minimum Gasteiger partial charge on any atom is -0.507 e. The first kappa shape index (κ1) is 18.2. The third kappa shape index (κ3) is 4.43. The lowest BCUT2D eigenvalue weighted by Gasteiger charge is -2.03. The fourth-order valence-electron chi connectivity index (χ4n) is 1.81. The number of aryl methyl sites for hydroxylation is 1. The SMILES string of the molecule is CC(=O)Nc1nc(C(F)(F)F)nn1C(=O)C=C(O)c1ccc(C)cc1. The van der Waals surface area contributed by atoms with E-state index in [1.807, 2.05) is 12.2 Å². The number of aromatic nitrogens is 3. The van der Waals surface area contributed by atoms with Gasteiger partial charge in [-0.2, -0.15) is 22.8 Å². The Kier molecular flexibility index (Phi) is 4.91. The van der Waals surface area contributed by atoms with E-state index in [0.717, 1.165) is 12.5 Å². The summed E-state index contributed by atoms with van der Waals surface area (Å²) in [6, 6.07) is 6.44. The summed E-state index contributed by atoms with van der Waals surface area (Å²) in [5.74, 6) is -4.60. The van der Waals surface area contributed by atoms with E-state index in [9.17, 15) is 27.9 Å². The Balaban J connectivity index is 2.40. The van der Waals surface area contributed by atoms with Gasteiger partial charge < -0.3 is 5.11 Å². The number of hydrogen-bond donors (Lipinski definition) is 2. The third-order valence-corrected chi connectivity index (χ3v) is 2.96. The van der Waals surface area contributed by atoms with Crippen molar-refractivity contribution in [3.63, 3.8) is 0 Å². The van der Waals surface area contributed by atoms with Crippen LogP contribution in [0.5, 0.6) is 0 Å². The van der Waals surface area contributed by atoms with Crippen LogP contribution in [-0.4, -0.2) is 31.7 Å². The highest BCUT2D eigenvalue weighted by atomic mass is 19.4. The van der Waals surface area contributed by atoms with Crippen molar-refractivity contribution in [1.82, 2.24) is 14.8 Å². The van der Waals surface area contributed by atoms with Gasteiger partial charge in [0.1, 0.15) is 5.76 Å². The van der Waals surface area contributed by atoms with Gasteiger partial charge in [0.25, 0.3) is 11.7 Å². The zero-order valence-corrected chi connectivity index (χ0v) is 13.1. The van der Waals surface area contributed by atoms with Crippen molar-refractivity contribution >= 4 is 23.5 Å². The maximum atomic E-state index is 12.7. The summed E-state index contributed by atoms with van der Waals surface area (Å²) in [7, 11) is 0. The number of benzene rings is 1. The molecule has 0 aliphatic carbocycles. The highest BCUT2D eigenvalue weighted by Gasteiger charge is 2.38. The first-order valence-electron chi connectivity index (χ1n) is 6.92. The molecule has 0 aliphatic rings. The van der Waals surface area contributed by atoms with Crippen molar-refractivity contribution < 1.29 is 27.9 Å². The monoisotopic (exact) mass is 354 g/mol. The van der Waals surface area contributed by atoms with E-state index in [-0.39, 0.29) is 10.2 Å². The van der Waals surface area contributed by atoms with Crippen LogP contribution in [0.25, 0.3) is 5.76 Å². The van der Waals surface area contributed by atoms with E-state index in [1.54, 1.807) is 12.1 Å². The Hall–Kier alpha value is -3.17. The van der Waals surface area contributed by atoms with Crippen LogP contribution in [0, 0.1) is 6.92 Å². The van der Waals surface area contributed by atoms with Crippen LogP contribution in [0.2, 0.25) is 0 Å². The maximum absolute atomic E-state index is 12.7. The molecule has 0 unspecified atom stereocenters. The lowest BCUT2D eigenvalue weighted by Crippen LogP contribution is -2.18. The first-order chi connectivity index (χ1) is 11.6. The molecule has 0 aliphatic heterocycles. The van der Waals surface area contributed by atoms with E-state index in [1.165, 1.54) is 12.1 Å². The first-order valence-corrected chi connectivity index (χ1v) is 6.92. The van der Waals surface area contributed by atoms with Crippen molar-refractivity contribution in [2.75, 3.05) is 5.32 Å². The summed E-state index contributed by atoms with van der Waals surface area (Å²) in [5.41, 5.74) is 1.21. The summed E-state index contributed by atoms with van der Waals surface area (Å²) < 4.78 is 38.4. The molecular formula is C15H13F3N4O3. The van der Waals surface area contributed by atoms with Gasteiger partial charge in [0.15, 0.2) is 0 Å². The minimum absolute atomic E-state index is 0.259. The van der Waals surface area contributed by atoms with Crippen LogP contribution < -0.4 is 5.32 Å². The number of amides is 1. The van der Waals surface area contributed by atoms with Gasteiger partial charge in [0.05, 0.1) is 0 Å². The number of anilines is 1. The van der Waals surface area contributed by atoms with E-state index < -0.39 is 35.5 Å². The maximum Gasteiger partial charge on any atom is 0.453 e. The molecule has 2 N–H and O–H groups in total. The summed E-state index contributed by atoms with van der Waals surface area (Å²) >= 11 is 0. The number of nitrogens with zero attached hydrogens (tertiary/aromatic N) is 3. The smallest absolute Gasteiger partial charge is 0.453 e. The number of aliphatic hydroxyl groups is 1. The van der Waals surface area contributed by atoms with Crippen LogP contribution in [0.4, 0.5) is 19.1 Å². The quantitative estimate of drug-likeness (QED) is 0.653. The molecule has 132 valence electrons. The summed E-state index contributed by atoms with van der Waals surface area (Å²) in [6.45, 7) is 2.86. The molecule has 2 rings (SSSR count). The predicted octanol–water partition coefficient (Wildman–Crippen LogP) is 2.80. The van der Waals surface area contributed by atoms with Crippen LogP contribution >= 0.6 is 0 Å². The molecule has 1 heterocycles. The standard InChI is InChI=1S/C15H13F3N4O3/c1-8-3-5-10(6-4-8)11(24)7-12(25)22-14(19-9(2)23)20-13(21-22)15(16,17)18/h3-7,24H,1-2H3,(H,19,20,21,23). The van der Waals surface area contributed by atoms with Crippen molar-refractivity contribution in [3.8, 4) is 0 Å². The van der Waals surface area contributed by atoms with E-state index >= 15 is 0 Å². The van der Waals surface area contributed by atoms with Gasteiger partial charge in [-0.3, -0.25) is 14.9 Å². The van der Waals surface area contributed by atoms with Gasteiger partial charge in [-0.25, -0.2) is 0 Å². The largest absolute Gasteiger partial charge is 0.507 e. The van der Waals surface area contributed by atoms with Gasteiger partial charge in [-0.15, -0.1) is 5.10 Å². The second kappa shape index (κ2) is 6.75. The Labute approximate surface area is 139 Å². The topological polar surface area (TPSA) is 97.1 Å². The zero-order valence-electron chi connectivity index (χ0n) is 13.1. The van der Waals surface area contributed by atoms with Crippen molar-refractivity contribution in [1.29, 1.82) is 0 Å². The van der Waals surface area contributed by atoms with Crippen LogP contribution in [0.1, 0.15) is 28.7 Å². The Morgan fingerprint density at radius 2 is 1.84 bits per heavy atom. The zero-order chi connectivity index (χ0) is 18.8. The molecular weight excluding hydrogens is 341 g/mol. The molecule has 0 fully saturated rings. The fourth-order valence-corrected chi connectivity index (χ4v) is 1.81. The van der Waals surface area contributed by atoms with E-state index in [4.69, 9.17) is 0 Å². The summed E-state index contributed by atoms with van der Waals surface area (Å²) in [5, 5.41) is 15.0. The number of carbonyl (C=O) groups is 2. The number of aliphatic hydroxyl groups excluding tert-OH is 1. The number of rotatable bonds is 3. The average molecular weight is 354 g/mol. The van der Waals surface area contributed by atoms with Gasteiger partial charge in [-0.1, -0.05) is 29.8 Å². The fraction of sp³-hybridized carbons (Fsp3) is 0.200. The molecule has 0 atom stereocenters. The van der Waals surface area contributed by atoms with Crippen LogP contribution in [-0.2, 0) is 11.0 Å². The molecule has 1 aromatic carbocycles. The molecule has 0 radical (unpaired) electrons. The molecule has 2 aromatic rings. The van der Waals surface area contributed by atoms with Crippen molar-refractivity contribution in [2.45, 2.75) is 20.0 Å². The van der Waals surface area contributed by atoms with E-state index in [2.05, 4.69) is 10.1 Å². The van der Waals surface area contributed by atoms with Crippen LogP contribution in [0.15, 0.2) is 30.3 Å². The number of halogens is 3. The molecule has 0 bridgehead atoms. The Bertz CT molecular complexity index is 839. The average Bonchev–Trinajstić information content (AvgIpc) is 2.91. The van der Waals surface area contributed by atoms with Crippen LogP contribution in [0.3, 0.4) is 0 Å². The number of alkyl halides is 3.